The van der Waals surface area contributed by atoms with Crippen molar-refractivity contribution >= 4 is 17.4 Å². The Labute approximate surface area is 181 Å². The van der Waals surface area contributed by atoms with Gasteiger partial charge in [0.2, 0.25) is 0 Å². The van der Waals surface area contributed by atoms with Crippen molar-refractivity contribution in [3.05, 3.63) is 59.4 Å². The third-order valence-corrected chi connectivity index (χ3v) is 5.15. The quantitative estimate of drug-likeness (QED) is 0.681. The molecule has 1 amide bonds. The Hall–Kier alpha value is -3.48. The first-order valence-electron chi connectivity index (χ1n) is 10.1. The lowest BCUT2D eigenvalue weighted by atomic mass is 9.91. The Morgan fingerprint density at radius 3 is 2.35 bits per heavy atom. The summed E-state index contributed by atoms with van der Waals surface area (Å²) in [7, 11) is 3.04. The predicted octanol–water partition coefficient (Wildman–Crippen LogP) is 4.23. The molecule has 0 bridgehead atoms. The molecule has 31 heavy (non-hydrogen) atoms. The number of rotatable bonds is 8. The van der Waals surface area contributed by atoms with Crippen LogP contribution < -0.4 is 19.1 Å². The van der Waals surface area contributed by atoms with E-state index in [1.165, 1.54) is 19.1 Å². The molecule has 0 radical (unpaired) electrons. The van der Waals surface area contributed by atoms with Crippen molar-refractivity contribution in [3.63, 3.8) is 0 Å². The van der Waals surface area contributed by atoms with Gasteiger partial charge >= 0.3 is 0 Å². The van der Waals surface area contributed by atoms with E-state index in [0.717, 1.165) is 0 Å². The number of carbonyl (C=O) groups excluding carboxylic acids is 2. The number of aliphatic hydroxyl groups excluding tert-OH is 1. The van der Waals surface area contributed by atoms with Crippen LogP contribution in [0.2, 0.25) is 0 Å². The van der Waals surface area contributed by atoms with E-state index in [0.29, 0.717) is 35.1 Å². The first-order chi connectivity index (χ1) is 14.8. The van der Waals surface area contributed by atoms with Crippen LogP contribution in [0.5, 0.6) is 17.2 Å². The average molecular weight is 425 g/mol. The van der Waals surface area contributed by atoms with Crippen LogP contribution in [0.25, 0.3) is 0 Å². The number of methoxy groups -OCH3 is 2. The number of benzene rings is 2. The van der Waals surface area contributed by atoms with Crippen LogP contribution in [0.1, 0.15) is 32.4 Å². The SMILES string of the molecule is CCOc1cc(C2C(C(=O)C(C)C)=C(O)C(=O)N2c2ccccc2OC)ccc1OC. The van der Waals surface area contributed by atoms with Gasteiger partial charge < -0.3 is 19.3 Å². The van der Waals surface area contributed by atoms with Crippen LogP contribution in [0.15, 0.2) is 53.8 Å². The van der Waals surface area contributed by atoms with Crippen molar-refractivity contribution in [2.45, 2.75) is 26.8 Å². The van der Waals surface area contributed by atoms with Crippen molar-refractivity contribution in [2.24, 2.45) is 5.92 Å². The molecule has 0 aromatic heterocycles. The van der Waals surface area contributed by atoms with Crippen LogP contribution in [0.4, 0.5) is 5.69 Å². The van der Waals surface area contributed by atoms with E-state index in [9.17, 15) is 14.7 Å². The summed E-state index contributed by atoms with van der Waals surface area (Å²) in [6.07, 6.45) is 0. The molecule has 1 N–H and O–H groups in total. The lowest BCUT2D eigenvalue weighted by molar-refractivity contribution is -0.119. The Morgan fingerprint density at radius 1 is 1.06 bits per heavy atom. The van der Waals surface area contributed by atoms with E-state index >= 15 is 0 Å². The third-order valence-electron chi connectivity index (χ3n) is 5.15. The summed E-state index contributed by atoms with van der Waals surface area (Å²) < 4.78 is 16.5. The molecule has 2 aromatic carbocycles. The van der Waals surface area contributed by atoms with Gasteiger partial charge in [-0.25, -0.2) is 0 Å². The number of amides is 1. The fraction of sp³-hybridized carbons (Fsp3) is 0.333. The molecule has 3 rings (SSSR count). The molecular weight excluding hydrogens is 398 g/mol. The summed E-state index contributed by atoms with van der Waals surface area (Å²) in [4.78, 5) is 27.6. The first-order valence-corrected chi connectivity index (χ1v) is 10.1. The van der Waals surface area contributed by atoms with E-state index in [1.54, 1.807) is 56.3 Å². The average Bonchev–Trinajstić information content (AvgIpc) is 3.03. The molecule has 0 saturated carbocycles. The summed E-state index contributed by atoms with van der Waals surface area (Å²) in [6.45, 7) is 5.73. The second kappa shape index (κ2) is 9.12. The van der Waals surface area contributed by atoms with E-state index < -0.39 is 23.6 Å². The molecule has 164 valence electrons. The van der Waals surface area contributed by atoms with Gasteiger partial charge in [-0.3, -0.25) is 14.5 Å². The zero-order valence-corrected chi connectivity index (χ0v) is 18.3. The van der Waals surface area contributed by atoms with Crippen molar-refractivity contribution in [1.29, 1.82) is 0 Å². The molecule has 1 aliphatic heterocycles. The maximum Gasteiger partial charge on any atom is 0.294 e. The van der Waals surface area contributed by atoms with Crippen molar-refractivity contribution in [1.82, 2.24) is 0 Å². The molecule has 7 nitrogen and oxygen atoms in total. The summed E-state index contributed by atoms with van der Waals surface area (Å²) in [5.41, 5.74) is 1.11. The largest absolute Gasteiger partial charge is 0.503 e. The van der Waals surface area contributed by atoms with E-state index in [-0.39, 0.29) is 11.4 Å². The molecule has 0 fully saturated rings. The minimum absolute atomic E-state index is 0.0542. The van der Waals surface area contributed by atoms with Gasteiger partial charge in [0.25, 0.3) is 5.91 Å². The summed E-state index contributed by atoms with van der Waals surface area (Å²) in [5, 5.41) is 10.7. The molecule has 0 aliphatic carbocycles. The van der Waals surface area contributed by atoms with E-state index in [1.807, 2.05) is 6.92 Å². The number of hydrogen-bond donors (Lipinski definition) is 1. The van der Waals surface area contributed by atoms with Gasteiger partial charge in [0.05, 0.1) is 38.1 Å². The number of hydrogen-bond acceptors (Lipinski definition) is 6. The van der Waals surface area contributed by atoms with Gasteiger partial charge in [0, 0.05) is 5.92 Å². The topological polar surface area (TPSA) is 85.3 Å². The second-order valence-corrected chi connectivity index (χ2v) is 7.37. The highest BCUT2D eigenvalue weighted by atomic mass is 16.5. The monoisotopic (exact) mass is 425 g/mol. The molecule has 1 unspecified atom stereocenters. The molecule has 0 spiro atoms. The number of carbonyl (C=O) groups is 2. The highest BCUT2D eigenvalue weighted by molar-refractivity contribution is 6.17. The standard InChI is InChI=1S/C24H27NO6/c1-6-31-19-13-15(11-12-18(19)30-5)21-20(22(26)14(2)3)23(27)24(28)25(21)16-9-7-8-10-17(16)29-4/h7-14,21,27H,6H2,1-5H3. The molecule has 1 aliphatic rings. The van der Waals surface area contributed by atoms with Gasteiger partial charge in [-0.1, -0.05) is 32.0 Å². The number of ketones is 1. The number of Topliss-reactive ketones (excluding diaryl/α,β-unsaturated/α-hetero) is 1. The maximum atomic E-state index is 13.2. The fourth-order valence-electron chi connectivity index (χ4n) is 3.69. The second-order valence-electron chi connectivity index (χ2n) is 7.37. The lowest BCUT2D eigenvalue weighted by Gasteiger charge is -2.29. The van der Waals surface area contributed by atoms with Crippen LogP contribution in [-0.2, 0) is 9.59 Å². The molecule has 7 heteroatoms. The van der Waals surface area contributed by atoms with Gasteiger partial charge in [-0.15, -0.1) is 0 Å². The van der Waals surface area contributed by atoms with Gasteiger partial charge in [-0.2, -0.15) is 0 Å². The van der Waals surface area contributed by atoms with E-state index in [4.69, 9.17) is 14.2 Å². The molecule has 0 saturated heterocycles. The minimum atomic E-state index is -0.844. The number of anilines is 1. The number of ether oxygens (including phenoxy) is 3. The Kier molecular flexibility index (Phi) is 6.53. The van der Waals surface area contributed by atoms with Crippen LogP contribution in [0.3, 0.4) is 0 Å². The Bertz CT molecular complexity index is 1030. The molecule has 2 aromatic rings. The number of para-hydroxylation sites is 2. The smallest absolute Gasteiger partial charge is 0.294 e. The zero-order valence-electron chi connectivity index (χ0n) is 18.3. The molecular formula is C24H27NO6. The summed E-state index contributed by atoms with van der Waals surface area (Å²) in [5.74, 6) is -0.459. The lowest BCUT2D eigenvalue weighted by Crippen LogP contribution is -2.31. The number of nitrogens with zero attached hydrogens (tertiary/aromatic N) is 1. The normalized spacial score (nSPS) is 16.1. The molecule has 1 atom stereocenters. The maximum absolute atomic E-state index is 13.2. The van der Waals surface area contributed by atoms with Crippen molar-refractivity contribution < 1.29 is 28.9 Å². The Balaban J connectivity index is 2.24. The van der Waals surface area contributed by atoms with Crippen molar-refractivity contribution in [3.8, 4) is 17.2 Å². The van der Waals surface area contributed by atoms with Gasteiger partial charge in [0.15, 0.2) is 23.0 Å². The van der Waals surface area contributed by atoms with Gasteiger partial charge in [0.1, 0.15) is 5.75 Å². The zero-order chi connectivity index (χ0) is 22.7. The summed E-state index contributed by atoms with van der Waals surface area (Å²) in [6, 6.07) is 11.4. The fourth-order valence-corrected chi connectivity index (χ4v) is 3.69. The highest BCUT2D eigenvalue weighted by Gasteiger charge is 2.45. The Morgan fingerprint density at radius 2 is 1.74 bits per heavy atom. The minimum Gasteiger partial charge on any atom is -0.503 e. The van der Waals surface area contributed by atoms with Crippen LogP contribution in [-0.4, -0.2) is 37.6 Å². The highest BCUT2D eigenvalue weighted by Crippen LogP contribution is 2.46. The van der Waals surface area contributed by atoms with Gasteiger partial charge in [-0.05, 0) is 36.8 Å². The van der Waals surface area contributed by atoms with Crippen LogP contribution in [0, 0.1) is 5.92 Å². The van der Waals surface area contributed by atoms with E-state index in [2.05, 4.69) is 0 Å². The van der Waals surface area contributed by atoms with Crippen molar-refractivity contribution in [2.75, 3.05) is 25.7 Å². The first kappa shape index (κ1) is 22.2. The summed E-state index contributed by atoms with van der Waals surface area (Å²) >= 11 is 0. The predicted molar refractivity (Wildman–Crippen MR) is 117 cm³/mol. The number of aliphatic hydroxyl groups is 1. The van der Waals surface area contributed by atoms with Crippen LogP contribution >= 0.6 is 0 Å². The third kappa shape index (κ3) is 3.95. The molecule has 1 heterocycles.